The van der Waals surface area contributed by atoms with Crippen LogP contribution < -0.4 is 9.64 Å². The fraction of sp³-hybridized carbons (Fsp3) is 0.429. The van der Waals surface area contributed by atoms with Gasteiger partial charge in [-0.2, -0.15) is 5.10 Å². The van der Waals surface area contributed by atoms with Gasteiger partial charge in [-0.25, -0.2) is 4.79 Å². The monoisotopic (exact) mass is 718 g/mol. The Morgan fingerprint density at radius 1 is 0.868 bits per heavy atom. The van der Waals surface area contributed by atoms with Crippen LogP contribution in [0.2, 0.25) is 0 Å². The lowest BCUT2D eigenvalue weighted by Gasteiger charge is -2.37. The first-order valence-corrected chi connectivity index (χ1v) is 18.8. The lowest BCUT2D eigenvalue weighted by Crippen LogP contribution is -2.53. The van der Waals surface area contributed by atoms with E-state index in [-0.39, 0.29) is 23.8 Å². The van der Waals surface area contributed by atoms with Crippen LogP contribution in [0.4, 0.5) is 10.5 Å². The van der Waals surface area contributed by atoms with E-state index in [0.29, 0.717) is 51.1 Å². The summed E-state index contributed by atoms with van der Waals surface area (Å²) in [5, 5.41) is 6.92. The average molecular weight is 719 g/mol. The molecule has 11 nitrogen and oxygen atoms in total. The number of hydrogen-bond donors (Lipinski definition) is 1. The van der Waals surface area contributed by atoms with Crippen molar-refractivity contribution in [1.82, 2.24) is 24.9 Å². The highest BCUT2D eigenvalue weighted by molar-refractivity contribution is 5.83. The Hall–Kier alpha value is -5.32. The number of anilines is 1. The second-order valence-corrected chi connectivity index (χ2v) is 15.4. The Morgan fingerprint density at radius 2 is 1.60 bits per heavy atom. The molecule has 1 N–H and O–H groups in total. The van der Waals surface area contributed by atoms with Crippen LogP contribution in [-0.4, -0.2) is 93.7 Å². The quantitative estimate of drug-likeness (QED) is 0.195. The lowest BCUT2D eigenvalue weighted by molar-refractivity contribution is -0.141. The summed E-state index contributed by atoms with van der Waals surface area (Å²) in [6.07, 6.45) is 6.36. The molecule has 1 aliphatic carbocycles. The molecule has 3 fully saturated rings. The van der Waals surface area contributed by atoms with Crippen LogP contribution in [0.5, 0.6) is 5.75 Å². The number of benzene rings is 3. The maximum atomic E-state index is 14.1. The molecule has 3 amide bonds. The van der Waals surface area contributed by atoms with Gasteiger partial charge in [0, 0.05) is 80.9 Å². The number of H-pyrrole nitrogens is 1. The van der Waals surface area contributed by atoms with Crippen LogP contribution in [0.15, 0.2) is 91.3 Å². The number of piperidine rings is 1. The van der Waals surface area contributed by atoms with E-state index >= 15 is 0 Å². The van der Waals surface area contributed by atoms with E-state index in [1.807, 2.05) is 81.7 Å². The molecule has 2 atom stereocenters. The minimum absolute atomic E-state index is 0.0999. The first kappa shape index (κ1) is 36.1. The molecule has 3 aromatic carbocycles. The van der Waals surface area contributed by atoms with Crippen molar-refractivity contribution in [2.45, 2.75) is 70.7 Å². The summed E-state index contributed by atoms with van der Waals surface area (Å²) < 4.78 is 12.1. The Bertz CT molecular complexity index is 1850. The molecule has 3 heterocycles. The topological polar surface area (TPSA) is 111 Å². The fourth-order valence-corrected chi connectivity index (χ4v) is 7.21. The lowest BCUT2D eigenvalue weighted by atomic mass is 9.95. The van der Waals surface area contributed by atoms with Crippen molar-refractivity contribution in [2.75, 3.05) is 44.2 Å². The molecule has 1 saturated carbocycles. The fourth-order valence-electron chi connectivity index (χ4n) is 7.21. The first-order chi connectivity index (χ1) is 25.6. The van der Waals surface area contributed by atoms with Crippen LogP contribution in [0.3, 0.4) is 0 Å². The highest BCUT2D eigenvalue weighted by Crippen LogP contribution is 2.34. The van der Waals surface area contributed by atoms with Crippen LogP contribution in [0.1, 0.15) is 63.7 Å². The molecule has 11 heteroatoms. The van der Waals surface area contributed by atoms with Gasteiger partial charge >= 0.3 is 6.09 Å². The van der Waals surface area contributed by atoms with Crippen molar-refractivity contribution in [3.05, 3.63) is 102 Å². The van der Waals surface area contributed by atoms with E-state index in [1.165, 1.54) is 0 Å². The number of nitrogens with zero attached hydrogens (tertiary/aromatic N) is 5. The number of aromatic amines is 1. The molecule has 4 aromatic rings. The molecule has 2 aliphatic heterocycles. The standard InChI is InChI=1S/C42H50N6O5/c1-42(2,3)53-41(51)46-23-21-45(22-24-46)40(50)38(32-9-5-4-6-10-32)52-37-13-7-12-36(25-37)47-20-8-11-33(29-47)39(49)48(35-18-19-35)28-30-14-16-31(17-15-30)34-26-43-44-27-34/h4-7,9-10,12-17,25-27,33,35,38H,8,11,18-24,28-29H2,1-3H3,(H,43,44). The van der Waals surface area contributed by atoms with Gasteiger partial charge in [0.1, 0.15) is 11.4 Å². The van der Waals surface area contributed by atoms with E-state index in [2.05, 4.69) is 50.3 Å². The third-order valence-corrected chi connectivity index (χ3v) is 10.2. The van der Waals surface area contributed by atoms with Gasteiger partial charge < -0.3 is 29.1 Å². The third-order valence-electron chi connectivity index (χ3n) is 10.2. The largest absolute Gasteiger partial charge is 0.476 e. The van der Waals surface area contributed by atoms with Gasteiger partial charge in [0.2, 0.25) is 12.0 Å². The molecule has 2 saturated heterocycles. The third kappa shape index (κ3) is 9.01. The van der Waals surface area contributed by atoms with Gasteiger partial charge in [0.05, 0.1) is 12.1 Å². The number of rotatable bonds is 10. The summed E-state index contributed by atoms with van der Waals surface area (Å²) in [7, 11) is 0. The number of amides is 3. The Balaban J connectivity index is 1.01. The van der Waals surface area contributed by atoms with E-state index in [0.717, 1.165) is 60.2 Å². The molecule has 0 bridgehead atoms. The number of piperazine rings is 1. The second-order valence-electron chi connectivity index (χ2n) is 15.4. The Kier molecular flexibility index (Phi) is 10.7. The molecule has 7 rings (SSSR count). The normalized spacial score (nSPS) is 18.3. The summed E-state index contributed by atoms with van der Waals surface area (Å²) in [6.45, 7) is 9.19. The van der Waals surface area contributed by atoms with Gasteiger partial charge in [-0.05, 0) is 69.7 Å². The number of carbonyl (C=O) groups excluding carboxylic acids is 3. The van der Waals surface area contributed by atoms with Gasteiger partial charge in [-0.15, -0.1) is 0 Å². The Morgan fingerprint density at radius 3 is 2.28 bits per heavy atom. The van der Waals surface area contributed by atoms with Crippen molar-refractivity contribution in [2.24, 2.45) is 5.92 Å². The molecule has 0 spiro atoms. The molecule has 2 unspecified atom stereocenters. The number of carbonyl (C=O) groups is 3. The minimum Gasteiger partial charge on any atom is -0.476 e. The van der Waals surface area contributed by atoms with Crippen LogP contribution >= 0.6 is 0 Å². The van der Waals surface area contributed by atoms with E-state index in [1.54, 1.807) is 9.80 Å². The zero-order valence-corrected chi connectivity index (χ0v) is 30.9. The van der Waals surface area contributed by atoms with Gasteiger partial charge in [-0.3, -0.25) is 14.7 Å². The van der Waals surface area contributed by atoms with Crippen molar-refractivity contribution in [3.8, 4) is 16.9 Å². The number of ether oxygens (including phenoxy) is 2. The SMILES string of the molecule is CC(C)(C)OC(=O)N1CCN(C(=O)C(Oc2cccc(N3CCCC(C(=O)N(Cc4ccc(-c5cn[nH]c5)cc4)C4CC4)C3)c2)c2ccccc2)CC1. The molecule has 3 aliphatic rings. The molecular formula is C42H50N6O5. The predicted octanol–water partition coefficient (Wildman–Crippen LogP) is 6.68. The molecule has 278 valence electrons. The van der Waals surface area contributed by atoms with Gasteiger partial charge in [0.25, 0.3) is 5.91 Å². The van der Waals surface area contributed by atoms with Crippen LogP contribution in [0, 0.1) is 5.92 Å². The van der Waals surface area contributed by atoms with Crippen molar-refractivity contribution in [1.29, 1.82) is 0 Å². The van der Waals surface area contributed by atoms with Crippen molar-refractivity contribution >= 4 is 23.6 Å². The summed E-state index contributed by atoms with van der Waals surface area (Å²) in [5.41, 5.74) is 4.42. The predicted molar refractivity (Wildman–Crippen MR) is 203 cm³/mol. The van der Waals surface area contributed by atoms with E-state index < -0.39 is 11.7 Å². The van der Waals surface area contributed by atoms with Crippen LogP contribution in [0.25, 0.3) is 11.1 Å². The van der Waals surface area contributed by atoms with Gasteiger partial charge in [0.15, 0.2) is 0 Å². The maximum Gasteiger partial charge on any atom is 0.410 e. The zero-order valence-electron chi connectivity index (χ0n) is 30.9. The van der Waals surface area contributed by atoms with Gasteiger partial charge in [-0.1, -0.05) is 60.7 Å². The number of nitrogens with one attached hydrogen (secondary N) is 1. The first-order valence-electron chi connectivity index (χ1n) is 18.8. The summed E-state index contributed by atoms with van der Waals surface area (Å²) in [4.78, 5) is 48.6. The average Bonchev–Trinajstić information content (AvgIpc) is 3.87. The van der Waals surface area contributed by atoms with Crippen LogP contribution in [-0.2, 0) is 20.9 Å². The summed E-state index contributed by atoms with van der Waals surface area (Å²) in [6, 6.07) is 26.1. The van der Waals surface area contributed by atoms with Crippen molar-refractivity contribution in [3.63, 3.8) is 0 Å². The molecular weight excluding hydrogens is 668 g/mol. The Labute approximate surface area is 311 Å². The molecule has 1 aromatic heterocycles. The molecule has 53 heavy (non-hydrogen) atoms. The number of aromatic nitrogens is 2. The number of hydrogen-bond acceptors (Lipinski definition) is 7. The smallest absolute Gasteiger partial charge is 0.410 e. The minimum atomic E-state index is -0.851. The summed E-state index contributed by atoms with van der Waals surface area (Å²) in [5.74, 6) is 0.566. The second kappa shape index (κ2) is 15.7. The highest BCUT2D eigenvalue weighted by atomic mass is 16.6. The maximum absolute atomic E-state index is 14.1. The van der Waals surface area contributed by atoms with Crippen molar-refractivity contribution < 1.29 is 23.9 Å². The van der Waals surface area contributed by atoms with E-state index in [4.69, 9.17) is 9.47 Å². The zero-order chi connectivity index (χ0) is 37.0. The van der Waals surface area contributed by atoms with E-state index in [9.17, 15) is 14.4 Å². The summed E-state index contributed by atoms with van der Waals surface area (Å²) >= 11 is 0. The highest BCUT2D eigenvalue weighted by Gasteiger charge is 2.38. The molecule has 0 radical (unpaired) electrons.